The highest BCUT2D eigenvalue weighted by Crippen LogP contribution is 2.31. The van der Waals surface area contributed by atoms with Crippen molar-refractivity contribution >= 4 is 0 Å². The normalized spacial score (nSPS) is 12.2. The zero-order valence-electron chi connectivity index (χ0n) is 11.5. The van der Waals surface area contributed by atoms with Crippen LogP contribution in [0.1, 0.15) is 37.3 Å². The Bertz CT molecular complexity index is 540. The third-order valence-electron chi connectivity index (χ3n) is 3.30. The van der Waals surface area contributed by atoms with Crippen LogP contribution < -0.4 is 10.5 Å². The minimum absolute atomic E-state index is 0.469. The lowest BCUT2D eigenvalue weighted by atomic mass is 9.98. The van der Waals surface area contributed by atoms with E-state index in [1.165, 1.54) is 5.56 Å². The van der Waals surface area contributed by atoms with Gasteiger partial charge >= 0.3 is 0 Å². The van der Waals surface area contributed by atoms with Crippen molar-refractivity contribution in [1.82, 2.24) is 4.98 Å². The highest BCUT2D eigenvalue weighted by Gasteiger charge is 2.10. The van der Waals surface area contributed by atoms with Gasteiger partial charge in [-0.3, -0.25) is 4.98 Å². The monoisotopic (exact) mass is 256 g/mol. The van der Waals surface area contributed by atoms with Crippen molar-refractivity contribution in [3.63, 3.8) is 0 Å². The van der Waals surface area contributed by atoms with Gasteiger partial charge in [-0.05, 0) is 35.6 Å². The zero-order chi connectivity index (χ0) is 13.7. The second-order valence-corrected chi connectivity index (χ2v) is 4.68. The lowest BCUT2D eigenvalue weighted by Crippen LogP contribution is -1.99. The van der Waals surface area contributed by atoms with Crippen molar-refractivity contribution in [2.24, 2.45) is 5.73 Å². The van der Waals surface area contributed by atoms with Crippen LogP contribution in [0.3, 0.4) is 0 Å². The van der Waals surface area contributed by atoms with Crippen LogP contribution in [0.15, 0.2) is 42.7 Å². The molecule has 100 valence electrons. The number of aromatic nitrogens is 1. The summed E-state index contributed by atoms with van der Waals surface area (Å²) < 4.78 is 5.96. The molecular weight excluding hydrogens is 236 g/mol. The number of hydrogen-bond acceptors (Lipinski definition) is 3. The molecule has 0 radical (unpaired) electrons. The second-order valence-electron chi connectivity index (χ2n) is 4.68. The molecule has 19 heavy (non-hydrogen) atoms. The SMILES string of the molecule is CCC(C)c1ccccc1Oc1cncc(CN)c1. The Labute approximate surface area is 114 Å². The Hall–Kier alpha value is -1.87. The van der Waals surface area contributed by atoms with Gasteiger partial charge in [0.05, 0.1) is 6.20 Å². The molecule has 0 spiro atoms. The van der Waals surface area contributed by atoms with Crippen molar-refractivity contribution in [2.45, 2.75) is 32.7 Å². The van der Waals surface area contributed by atoms with E-state index in [0.29, 0.717) is 12.5 Å². The largest absolute Gasteiger partial charge is 0.455 e. The molecular formula is C16H20N2O. The molecule has 2 rings (SSSR count). The maximum atomic E-state index is 5.96. The van der Waals surface area contributed by atoms with Gasteiger partial charge in [-0.15, -0.1) is 0 Å². The van der Waals surface area contributed by atoms with Crippen molar-refractivity contribution in [1.29, 1.82) is 0 Å². The van der Waals surface area contributed by atoms with Crippen molar-refractivity contribution in [2.75, 3.05) is 0 Å². The van der Waals surface area contributed by atoms with Gasteiger partial charge in [0.15, 0.2) is 0 Å². The molecule has 0 saturated carbocycles. The van der Waals surface area contributed by atoms with Crippen molar-refractivity contribution in [3.8, 4) is 11.5 Å². The predicted octanol–water partition coefficient (Wildman–Crippen LogP) is 3.85. The first-order chi connectivity index (χ1) is 9.24. The van der Waals surface area contributed by atoms with Gasteiger partial charge in [-0.25, -0.2) is 0 Å². The zero-order valence-corrected chi connectivity index (χ0v) is 11.5. The van der Waals surface area contributed by atoms with Crippen LogP contribution in [0, 0.1) is 0 Å². The first-order valence-corrected chi connectivity index (χ1v) is 6.65. The third-order valence-corrected chi connectivity index (χ3v) is 3.30. The molecule has 1 unspecified atom stereocenters. The number of nitrogens with zero attached hydrogens (tertiary/aromatic N) is 1. The van der Waals surface area contributed by atoms with Gasteiger partial charge in [0.25, 0.3) is 0 Å². The van der Waals surface area contributed by atoms with Gasteiger partial charge in [-0.1, -0.05) is 32.0 Å². The lowest BCUT2D eigenvalue weighted by molar-refractivity contribution is 0.467. The van der Waals surface area contributed by atoms with E-state index in [0.717, 1.165) is 23.5 Å². The number of para-hydroxylation sites is 1. The van der Waals surface area contributed by atoms with Gasteiger partial charge in [-0.2, -0.15) is 0 Å². The Morgan fingerprint density at radius 3 is 2.79 bits per heavy atom. The molecule has 2 N–H and O–H groups in total. The standard InChI is InChI=1S/C16H20N2O/c1-3-12(2)15-6-4-5-7-16(15)19-14-8-13(9-17)10-18-11-14/h4-8,10-12H,3,9,17H2,1-2H3. The number of rotatable bonds is 5. The molecule has 1 heterocycles. The molecule has 3 nitrogen and oxygen atoms in total. The molecule has 0 saturated heterocycles. The van der Waals surface area contributed by atoms with Crippen LogP contribution in [0.25, 0.3) is 0 Å². The number of benzene rings is 1. The molecule has 0 bridgehead atoms. The van der Waals surface area contributed by atoms with Gasteiger partial charge in [0.1, 0.15) is 11.5 Å². The molecule has 1 atom stereocenters. The number of pyridine rings is 1. The Morgan fingerprint density at radius 2 is 2.05 bits per heavy atom. The maximum absolute atomic E-state index is 5.96. The van der Waals surface area contributed by atoms with E-state index < -0.39 is 0 Å². The Balaban J connectivity index is 2.27. The smallest absolute Gasteiger partial charge is 0.146 e. The topological polar surface area (TPSA) is 48.1 Å². The minimum atomic E-state index is 0.469. The van der Waals surface area contributed by atoms with Crippen LogP contribution >= 0.6 is 0 Å². The summed E-state index contributed by atoms with van der Waals surface area (Å²) in [7, 11) is 0. The van der Waals surface area contributed by atoms with Crippen LogP contribution in [0.4, 0.5) is 0 Å². The first-order valence-electron chi connectivity index (χ1n) is 6.65. The van der Waals surface area contributed by atoms with E-state index in [2.05, 4.69) is 24.9 Å². The highest BCUT2D eigenvalue weighted by atomic mass is 16.5. The summed E-state index contributed by atoms with van der Waals surface area (Å²) in [4.78, 5) is 4.14. The molecule has 1 aromatic carbocycles. The quantitative estimate of drug-likeness (QED) is 0.884. The summed E-state index contributed by atoms with van der Waals surface area (Å²) in [5, 5.41) is 0. The number of hydrogen-bond donors (Lipinski definition) is 1. The minimum Gasteiger partial charge on any atom is -0.455 e. The average molecular weight is 256 g/mol. The van der Waals surface area contributed by atoms with Gasteiger partial charge in [0, 0.05) is 12.7 Å². The fraction of sp³-hybridized carbons (Fsp3) is 0.312. The summed E-state index contributed by atoms with van der Waals surface area (Å²) in [6.45, 7) is 4.85. The summed E-state index contributed by atoms with van der Waals surface area (Å²) >= 11 is 0. The van der Waals surface area contributed by atoms with E-state index in [4.69, 9.17) is 10.5 Å². The second kappa shape index (κ2) is 6.34. The van der Waals surface area contributed by atoms with Crippen molar-refractivity contribution < 1.29 is 4.74 Å². The fourth-order valence-corrected chi connectivity index (χ4v) is 1.96. The summed E-state index contributed by atoms with van der Waals surface area (Å²) in [5.41, 5.74) is 7.81. The molecule has 2 aromatic rings. The summed E-state index contributed by atoms with van der Waals surface area (Å²) in [6, 6.07) is 10.1. The Morgan fingerprint density at radius 1 is 1.26 bits per heavy atom. The first kappa shape index (κ1) is 13.6. The summed E-state index contributed by atoms with van der Waals surface area (Å²) in [6.07, 6.45) is 4.56. The average Bonchev–Trinajstić information content (AvgIpc) is 2.47. The molecule has 0 amide bonds. The lowest BCUT2D eigenvalue weighted by Gasteiger charge is -2.15. The van der Waals surface area contributed by atoms with Crippen LogP contribution in [0.5, 0.6) is 11.5 Å². The summed E-state index contributed by atoms with van der Waals surface area (Å²) in [5.74, 6) is 2.10. The van der Waals surface area contributed by atoms with Gasteiger partial charge < -0.3 is 10.5 Å². The molecule has 3 heteroatoms. The van der Waals surface area contributed by atoms with Gasteiger partial charge in [0.2, 0.25) is 0 Å². The molecule has 1 aromatic heterocycles. The molecule has 0 aliphatic heterocycles. The van der Waals surface area contributed by atoms with Crippen LogP contribution in [0.2, 0.25) is 0 Å². The van der Waals surface area contributed by atoms with E-state index in [9.17, 15) is 0 Å². The molecule has 0 aliphatic rings. The Kier molecular flexibility index (Phi) is 4.53. The predicted molar refractivity (Wildman–Crippen MR) is 77.4 cm³/mol. The molecule has 0 fully saturated rings. The molecule has 0 aliphatic carbocycles. The van der Waals surface area contributed by atoms with E-state index in [-0.39, 0.29) is 0 Å². The number of ether oxygens (including phenoxy) is 1. The van der Waals surface area contributed by atoms with E-state index in [1.807, 2.05) is 24.3 Å². The highest BCUT2D eigenvalue weighted by molar-refractivity contribution is 5.39. The fourth-order valence-electron chi connectivity index (χ4n) is 1.96. The van der Waals surface area contributed by atoms with Crippen LogP contribution in [-0.2, 0) is 6.54 Å². The van der Waals surface area contributed by atoms with Crippen molar-refractivity contribution in [3.05, 3.63) is 53.9 Å². The number of nitrogens with two attached hydrogens (primary N) is 1. The maximum Gasteiger partial charge on any atom is 0.146 e. The van der Waals surface area contributed by atoms with E-state index in [1.54, 1.807) is 12.4 Å². The van der Waals surface area contributed by atoms with Crippen LogP contribution in [-0.4, -0.2) is 4.98 Å². The third kappa shape index (κ3) is 3.32. The van der Waals surface area contributed by atoms with E-state index >= 15 is 0 Å².